The molecule has 0 aliphatic heterocycles. The second-order valence-corrected chi connectivity index (χ2v) is 9.07. The summed E-state index contributed by atoms with van der Waals surface area (Å²) in [5, 5.41) is 0. The molecule has 0 nitrogen and oxygen atoms in total. The monoisotopic (exact) mass is 206 g/mol. The van der Waals surface area contributed by atoms with Crippen molar-refractivity contribution >= 4 is 8.07 Å². The Balaban J connectivity index is 4.70. The average Bonchev–Trinajstić information content (AvgIpc) is 1.49. The number of hydrogen-bond donors (Lipinski definition) is 0. The third-order valence-corrected chi connectivity index (χ3v) is 3.98. The van der Waals surface area contributed by atoms with Crippen molar-refractivity contribution in [2.75, 3.05) is 0 Å². The standard InChI is InChI=1S/C6H11F5Si/c1-12(2,3)4(5(7)8)6(9,10)11/h4-5H,1-3H3. The molecule has 0 saturated carbocycles. The van der Waals surface area contributed by atoms with E-state index in [9.17, 15) is 22.0 Å². The highest BCUT2D eigenvalue weighted by atomic mass is 28.3. The summed E-state index contributed by atoms with van der Waals surface area (Å²) in [6.07, 6.45) is -8.06. The molecular weight excluding hydrogens is 195 g/mol. The molecule has 74 valence electrons. The van der Waals surface area contributed by atoms with E-state index in [0.717, 1.165) is 0 Å². The minimum Gasteiger partial charge on any atom is -0.210 e. The second kappa shape index (κ2) is 3.31. The molecule has 0 aromatic heterocycles. The van der Waals surface area contributed by atoms with Gasteiger partial charge < -0.3 is 0 Å². The van der Waals surface area contributed by atoms with Crippen LogP contribution in [0, 0.1) is 0 Å². The highest BCUT2D eigenvalue weighted by Gasteiger charge is 2.53. The van der Waals surface area contributed by atoms with Gasteiger partial charge in [0.05, 0.1) is 8.07 Å². The van der Waals surface area contributed by atoms with Crippen LogP contribution in [0.1, 0.15) is 0 Å². The topological polar surface area (TPSA) is 0 Å². The van der Waals surface area contributed by atoms with E-state index in [2.05, 4.69) is 0 Å². The van der Waals surface area contributed by atoms with E-state index in [4.69, 9.17) is 0 Å². The predicted octanol–water partition coefficient (Wildman–Crippen LogP) is 3.52. The lowest BCUT2D eigenvalue weighted by molar-refractivity contribution is -0.159. The van der Waals surface area contributed by atoms with Gasteiger partial charge in [0.2, 0.25) is 6.43 Å². The van der Waals surface area contributed by atoms with Crippen LogP contribution < -0.4 is 0 Å². The summed E-state index contributed by atoms with van der Waals surface area (Å²) in [4.78, 5) is 0. The smallest absolute Gasteiger partial charge is 0.210 e. The van der Waals surface area contributed by atoms with E-state index in [1.807, 2.05) is 0 Å². The van der Waals surface area contributed by atoms with Gasteiger partial charge in [-0.05, 0) is 0 Å². The van der Waals surface area contributed by atoms with Crippen LogP contribution >= 0.6 is 0 Å². The Labute approximate surface area is 68.8 Å². The fraction of sp³-hybridized carbons (Fsp3) is 1.00. The maximum absolute atomic E-state index is 12.0. The van der Waals surface area contributed by atoms with Gasteiger partial charge in [-0.3, -0.25) is 0 Å². The average molecular weight is 206 g/mol. The van der Waals surface area contributed by atoms with Crippen LogP contribution in [-0.4, -0.2) is 20.7 Å². The molecule has 0 aromatic carbocycles. The molecule has 1 unspecified atom stereocenters. The van der Waals surface area contributed by atoms with E-state index in [1.165, 1.54) is 19.6 Å². The van der Waals surface area contributed by atoms with E-state index < -0.39 is 26.2 Å². The van der Waals surface area contributed by atoms with Crippen molar-refractivity contribution < 1.29 is 22.0 Å². The first-order chi connectivity index (χ1) is 5.07. The van der Waals surface area contributed by atoms with Crippen molar-refractivity contribution in [3.05, 3.63) is 0 Å². The van der Waals surface area contributed by atoms with Gasteiger partial charge in [-0.2, -0.15) is 13.2 Å². The van der Waals surface area contributed by atoms with Crippen LogP contribution in [0.25, 0.3) is 0 Å². The zero-order valence-electron chi connectivity index (χ0n) is 7.04. The summed E-state index contributed by atoms with van der Waals surface area (Å²) in [6.45, 7) is 3.87. The summed E-state index contributed by atoms with van der Waals surface area (Å²) >= 11 is 0. The first-order valence-corrected chi connectivity index (χ1v) is 6.99. The maximum Gasteiger partial charge on any atom is 0.394 e. The highest BCUT2D eigenvalue weighted by Crippen LogP contribution is 2.42. The Kier molecular flexibility index (Phi) is 3.28. The number of alkyl halides is 5. The van der Waals surface area contributed by atoms with Crippen molar-refractivity contribution in [1.29, 1.82) is 0 Å². The molecule has 0 saturated heterocycles. The normalized spacial score (nSPS) is 16.8. The molecule has 0 aliphatic rings. The Bertz CT molecular complexity index is 131. The maximum atomic E-state index is 12.0. The Morgan fingerprint density at radius 1 is 1.00 bits per heavy atom. The van der Waals surface area contributed by atoms with Crippen molar-refractivity contribution in [3.8, 4) is 0 Å². The van der Waals surface area contributed by atoms with E-state index in [1.54, 1.807) is 0 Å². The van der Waals surface area contributed by atoms with Crippen LogP contribution in [0.15, 0.2) is 0 Å². The SMILES string of the molecule is C[Si](C)(C)C(C(F)F)C(F)(F)F. The fourth-order valence-electron chi connectivity index (χ4n) is 1.01. The minimum atomic E-state index is -4.77. The lowest BCUT2D eigenvalue weighted by Crippen LogP contribution is -2.42. The molecule has 0 bridgehead atoms. The summed E-state index contributed by atoms with van der Waals surface area (Å²) in [6, 6.07) is 0. The van der Waals surface area contributed by atoms with Crippen molar-refractivity contribution in [1.82, 2.24) is 0 Å². The van der Waals surface area contributed by atoms with Crippen LogP contribution in [0.4, 0.5) is 22.0 Å². The molecule has 12 heavy (non-hydrogen) atoms. The van der Waals surface area contributed by atoms with Gasteiger partial charge in [-0.1, -0.05) is 19.6 Å². The Morgan fingerprint density at radius 2 is 1.33 bits per heavy atom. The molecule has 0 radical (unpaired) electrons. The largest absolute Gasteiger partial charge is 0.394 e. The second-order valence-electron chi connectivity index (χ2n) is 3.72. The van der Waals surface area contributed by atoms with Gasteiger partial charge in [0, 0.05) is 0 Å². The number of rotatable bonds is 2. The molecule has 0 fully saturated rings. The number of hydrogen-bond acceptors (Lipinski definition) is 0. The minimum absolute atomic E-state index is 1.29. The summed E-state index contributed by atoms with van der Waals surface area (Å²) in [5.74, 6) is 0. The molecule has 0 heterocycles. The van der Waals surface area contributed by atoms with Crippen molar-refractivity contribution in [2.24, 2.45) is 0 Å². The van der Waals surface area contributed by atoms with Gasteiger partial charge in [0.15, 0.2) is 0 Å². The van der Waals surface area contributed by atoms with E-state index in [-0.39, 0.29) is 0 Å². The number of halogens is 5. The predicted molar refractivity (Wildman–Crippen MR) is 39.2 cm³/mol. The third kappa shape index (κ3) is 3.08. The van der Waals surface area contributed by atoms with Crippen molar-refractivity contribution in [3.63, 3.8) is 0 Å². The van der Waals surface area contributed by atoms with E-state index >= 15 is 0 Å². The zero-order valence-corrected chi connectivity index (χ0v) is 8.04. The Morgan fingerprint density at radius 3 is 1.33 bits per heavy atom. The van der Waals surface area contributed by atoms with Gasteiger partial charge in [-0.15, -0.1) is 0 Å². The molecular formula is C6H11F5Si. The molecule has 1 atom stereocenters. The van der Waals surface area contributed by atoms with Gasteiger partial charge in [-0.25, -0.2) is 8.78 Å². The van der Waals surface area contributed by atoms with Crippen LogP contribution in [-0.2, 0) is 0 Å². The highest BCUT2D eigenvalue weighted by molar-refractivity contribution is 6.77. The van der Waals surface area contributed by atoms with Crippen LogP contribution in [0.3, 0.4) is 0 Å². The quantitative estimate of drug-likeness (QED) is 0.479. The van der Waals surface area contributed by atoms with E-state index in [0.29, 0.717) is 0 Å². The van der Waals surface area contributed by atoms with Crippen LogP contribution in [0.2, 0.25) is 25.2 Å². The van der Waals surface area contributed by atoms with Gasteiger partial charge >= 0.3 is 6.18 Å². The summed E-state index contributed by atoms with van der Waals surface area (Å²) < 4.78 is 60.1. The lowest BCUT2D eigenvalue weighted by atomic mass is 10.4. The van der Waals surface area contributed by atoms with Crippen molar-refractivity contribution in [2.45, 2.75) is 37.8 Å². The molecule has 0 amide bonds. The molecule has 0 N–H and O–H groups in total. The first kappa shape index (κ1) is 11.9. The molecule has 0 aromatic rings. The lowest BCUT2D eigenvalue weighted by Gasteiger charge is -2.29. The molecule has 0 spiro atoms. The molecule has 6 heteroatoms. The molecule has 0 aliphatic carbocycles. The summed E-state index contributed by atoms with van der Waals surface area (Å²) in [7, 11) is -2.86. The fourth-order valence-corrected chi connectivity index (χ4v) is 2.75. The molecule has 0 rings (SSSR count). The zero-order chi connectivity index (χ0) is 10.2. The van der Waals surface area contributed by atoms with Crippen LogP contribution in [0.5, 0.6) is 0 Å². The van der Waals surface area contributed by atoms with Gasteiger partial charge in [0.25, 0.3) is 0 Å². The van der Waals surface area contributed by atoms with Gasteiger partial charge in [0.1, 0.15) is 5.54 Å². The third-order valence-electron chi connectivity index (χ3n) is 1.54. The first-order valence-electron chi connectivity index (χ1n) is 3.41. The summed E-state index contributed by atoms with van der Waals surface area (Å²) in [5.41, 5.74) is -2.41. The Hall–Kier alpha value is -0.133.